The Morgan fingerprint density at radius 1 is 1.56 bits per heavy atom. The number of carbonyl (C=O) groups is 1. The minimum absolute atomic E-state index is 0.0677. The number of hydrogen-bond acceptors (Lipinski definition) is 3. The molecular weight excluding hydrogens is 298 g/mol. The van der Waals surface area contributed by atoms with Crippen LogP contribution in [0.15, 0.2) is 22.7 Å². The molecular formula is C13H16BrNO3. The van der Waals surface area contributed by atoms with Crippen molar-refractivity contribution < 1.29 is 14.3 Å². The number of halogens is 1. The fourth-order valence-corrected chi connectivity index (χ4v) is 2.13. The van der Waals surface area contributed by atoms with Crippen LogP contribution in [0.3, 0.4) is 0 Å². The number of hydrogen-bond donors (Lipinski definition) is 1. The number of nitrogens with one attached hydrogen (secondary N) is 1. The quantitative estimate of drug-likeness (QED) is 0.927. The van der Waals surface area contributed by atoms with E-state index in [0.717, 1.165) is 4.47 Å². The van der Waals surface area contributed by atoms with Gasteiger partial charge in [-0.1, -0.05) is 22.9 Å². The number of carbonyl (C=O) groups excluding carboxylic acids is 1. The molecule has 1 saturated heterocycles. The Hall–Kier alpha value is -1.07. The summed E-state index contributed by atoms with van der Waals surface area (Å²) in [6.45, 7) is 4.11. The molecule has 1 aromatic rings. The number of amides is 1. The van der Waals surface area contributed by atoms with Crippen LogP contribution in [0.5, 0.6) is 5.75 Å². The molecule has 5 heteroatoms. The molecule has 4 nitrogen and oxygen atoms in total. The highest BCUT2D eigenvalue weighted by Crippen LogP contribution is 2.26. The SMILES string of the molecule is COc1cc(Br)ccc1C(=O)NCC1(C)COC1. The van der Waals surface area contributed by atoms with Gasteiger partial charge >= 0.3 is 0 Å². The predicted octanol–water partition coefficient (Wildman–Crippen LogP) is 2.22. The van der Waals surface area contributed by atoms with Crippen LogP contribution in [0.25, 0.3) is 0 Å². The topological polar surface area (TPSA) is 47.6 Å². The zero-order valence-electron chi connectivity index (χ0n) is 10.5. The van der Waals surface area contributed by atoms with E-state index >= 15 is 0 Å². The van der Waals surface area contributed by atoms with E-state index in [4.69, 9.17) is 9.47 Å². The van der Waals surface area contributed by atoms with Crippen molar-refractivity contribution >= 4 is 21.8 Å². The van der Waals surface area contributed by atoms with Crippen LogP contribution in [0.2, 0.25) is 0 Å². The van der Waals surface area contributed by atoms with Crippen molar-refractivity contribution in [2.75, 3.05) is 26.9 Å². The second-order valence-electron chi connectivity index (χ2n) is 4.83. The van der Waals surface area contributed by atoms with Gasteiger partial charge in [0, 0.05) is 16.4 Å². The third kappa shape index (κ3) is 2.84. The number of methoxy groups -OCH3 is 1. The first-order valence-corrected chi connectivity index (χ1v) is 6.53. The van der Waals surface area contributed by atoms with Crippen LogP contribution in [0.1, 0.15) is 17.3 Å². The van der Waals surface area contributed by atoms with Gasteiger partial charge in [0.25, 0.3) is 5.91 Å². The van der Waals surface area contributed by atoms with Gasteiger partial charge in [-0.25, -0.2) is 0 Å². The molecule has 1 aliphatic rings. The Bertz CT molecular complexity index is 458. The van der Waals surface area contributed by atoms with Crippen molar-refractivity contribution in [3.63, 3.8) is 0 Å². The lowest BCUT2D eigenvalue weighted by Crippen LogP contribution is -2.48. The van der Waals surface area contributed by atoms with Crippen molar-refractivity contribution in [2.45, 2.75) is 6.92 Å². The van der Waals surface area contributed by atoms with Crippen LogP contribution in [0.4, 0.5) is 0 Å². The lowest BCUT2D eigenvalue weighted by atomic mass is 9.88. The van der Waals surface area contributed by atoms with Gasteiger partial charge < -0.3 is 14.8 Å². The molecule has 1 fully saturated rings. The summed E-state index contributed by atoms with van der Waals surface area (Å²) < 4.78 is 11.2. The first kappa shape index (κ1) is 13.4. The summed E-state index contributed by atoms with van der Waals surface area (Å²) >= 11 is 3.35. The van der Waals surface area contributed by atoms with E-state index < -0.39 is 0 Å². The molecule has 0 spiro atoms. The summed E-state index contributed by atoms with van der Waals surface area (Å²) in [6, 6.07) is 5.35. The zero-order valence-corrected chi connectivity index (χ0v) is 12.0. The fraction of sp³-hybridized carbons (Fsp3) is 0.462. The van der Waals surface area contributed by atoms with Crippen LogP contribution in [-0.2, 0) is 4.74 Å². The smallest absolute Gasteiger partial charge is 0.255 e. The van der Waals surface area contributed by atoms with Gasteiger partial charge in [-0.15, -0.1) is 0 Å². The molecule has 0 bridgehead atoms. The monoisotopic (exact) mass is 313 g/mol. The summed E-state index contributed by atoms with van der Waals surface area (Å²) in [5.74, 6) is 0.448. The highest BCUT2D eigenvalue weighted by Gasteiger charge is 2.33. The van der Waals surface area contributed by atoms with Crippen LogP contribution in [-0.4, -0.2) is 32.8 Å². The first-order valence-electron chi connectivity index (χ1n) is 5.74. The molecule has 0 unspecified atom stereocenters. The first-order chi connectivity index (χ1) is 8.54. The van der Waals surface area contributed by atoms with Crippen molar-refractivity contribution in [3.05, 3.63) is 28.2 Å². The zero-order chi connectivity index (χ0) is 13.2. The fourth-order valence-electron chi connectivity index (χ4n) is 1.79. The van der Waals surface area contributed by atoms with Crippen molar-refractivity contribution in [3.8, 4) is 5.75 Å². The Kier molecular flexibility index (Phi) is 3.92. The van der Waals surface area contributed by atoms with Crippen molar-refractivity contribution in [1.82, 2.24) is 5.32 Å². The molecule has 1 amide bonds. The Labute approximate surface area is 115 Å². The molecule has 0 aromatic heterocycles. The maximum absolute atomic E-state index is 12.1. The normalized spacial score (nSPS) is 16.8. The highest BCUT2D eigenvalue weighted by molar-refractivity contribution is 9.10. The minimum atomic E-state index is -0.118. The maximum Gasteiger partial charge on any atom is 0.255 e. The number of benzene rings is 1. The van der Waals surface area contributed by atoms with Gasteiger partial charge in [0.1, 0.15) is 5.75 Å². The standard InChI is InChI=1S/C13H16BrNO3/c1-13(7-18-8-13)6-15-12(16)10-4-3-9(14)5-11(10)17-2/h3-5H,6-8H2,1-2H3,(H,15,16). The maximum atomic E-state index is 12.1. The molecule has 1 N–H and O–H groups in total. The van der Waals surface area contributed by atoms with E-state index in [-0.39, 0.29) is 11.3 Å². The van der Waals surface area contributed by atoms with E-state index in [9.17, 15) is 4.79 Å². The summed E-state index contributed by atoms with van der Waals surface area (Å²) in [6.07, 6.45) is 0. The average Bonchev–Trinajstić information content (AvgIpc) is 2.33. The Morgan fingerprint density at radius 2 is 2.28 bits per heavy atom. The van der Waals surface area contributed by atoms with Gasteiger partial charge in [-0.05, 0) is 18.2 Å². The number of ether oxygens (including phenoxy) is 2. The van der Waals surface area contributed by atoms with Gasteiger partial charge in [0.2, 0.25) is 0 Å². The molecule has 1 heterocycles. The van der Waals surface area contributed by atoms with E-state index in [1.807, 2.05) is 6.07 Å². The number of rotatable bonds is 4. The molecule has 0 saturated carbocycles. The van der Waals surface area contributed by atoms with E-state index in [2.05, 4.69) is 28.2 Å². The third-order valence-corrected chi connectivity index (χ3v) is 3.48. The Balaban J connectivity index is 2.04. The Morgan fingerprint density at radius 3 is 2.83 bits per heavy atom. The molecule has 1 aromatic carbocycles. The largest absolute Gasteiger partial charge is 0.496 e. The van der Waals surface area contributed by atoms with Crippen LogP contribution in [0, 0.1) is 5.41 Å². The molecule has 1 aliphatic heterocycles. The van der Waals surface area contributed by atoms with Crippen molar-refractivity contribution in [1.29, 1.82) is 0 Å². The van der Waals surface area contributed by atoms with Gasteiger partial charge in [0.15, 0.2) is 0 Å². The molecule has 2 rings (SSSR count). The predicted molar refractivity (Wildman–Crippen MR) is 72.0 cm³/mol. The van der Waals surface area contributed by atoms with E-state index in [1.165, 1.54) is 0 Å². The second-order valence-corrected chi connectivity index (χ2v) is 5.75. The van der Waals surface area contributed by atoms with Gasteiger partial charge in [0.05, 0.1) is 25.9 Å². The lowest BCUT2D eigenvalue weighted by molar-refractivity contribution is -0.0978. The summed E-state index contributed by atoms with van der Waals surface area (Å²) in [5.41, 5.74) is 0.614. The van der Waals surface area contributed by atoms with E-state index in [0.29, 0.717) is 31.1 Å². The molecule has 18 heavy (non-hydrogen) atoms. The second kappa shape index (κ2) is 5.28. The van der Waals surface area contributed by atoms with Gasteiger partial charge in [-0.3, -0.25) is 4.79 Å². The minimum Gasteiger partial charge on any atom is -0.496 e. The molecule has 0 atom stereocenters. The molecule has 0 radical (unpaired) electrons. The average molecular weight is 314 g/mol. The molecule has 98 valence electrons. The van der Waals surface area contributed by atoms with Crippen LogP contribution >= 0.6 is 15.9 Å². The molecule has 0 aliphatic carbocycles. The van der Waals surface area contributed by atoms with Gasteiger partial charge in [-0.2, -0.15) is 0 Å². The summed E-state index contributed by atoms with van der Waals surface area (Å²) in [4.78, 5) is 12.1. The van der Waals surface area contributed by atoms with E-state index in [1.54, 1.807) is 19.2 Å². The van der Waals surface area contributed by atoms with Crippen molar-refractivity contribution in [2.24, 2.45) is 5.41 Å². The lowest BCUT2D eigenvalue weighted by Gasteiger charge is -2.38. The third-order valence-electron chi connectivity index (χ3n) is 2.98. The van der Waals surface area contributed by atoms with Crippen LogP contribution < -0.4 is 10.1 Å². The highest BCUT2D eigenvalue weighted by atomic mass is 79.9. The summed E-state index contributed by atoms with van der Waals surface area (Å²) in [5, 5.41) is 2.92. The summed E-state index contributed by atoms with van der Waals surface area (Å²) in [7, 11) is 1.56.